The highest BCUT2D eigenvalue weighted by molar-refractivity contribution is 6.39. The predicted molar refractivity (Wildman–Crippen MR) is 82.1 cm³/mol. The van der Waals surface area contributed by atoms with Crippen LogP contribution in [0, 0.1) is 5.92 Å². The van der Waals surface area contributed by atoms with Gasteiger partial charge in [0.25, 0.3) is 5.91 Å². The molecule has 0 aliphatic carbocycles. The number of halogens is 2. The summed E-state index contributed by atoms with van der Waals surface area (Å²) >= 11 is 12.0. The lowest BCUT2D eigenvalue weighted by Crippen LogP contribution is -2.32. The van der Waals surface area contributed by atoms with Crippen LogP contribution >= 0.6 is 23.2 Å². The third kappa shape index (κ3) is 5.42. The van der Waals surface area contributed by atoms with Gasteiger partial charge in [0.05, 0.1) is 15.6 Å². The maximum absolute atomic E-state index is 12.1. The van der Waals surface area contributed by atoms with Crippen molar-refractivity contribution in [2.24, 2.45) is 5.92 Å². The molecule has 4 heteroatoms. The molecule has 1 N–H and O–H groups in total. The highest BCUT2D eigenvalue weighted by atomic mass is 35.5. The second-order valence-corrected chi connectivity index (χ2v) is 6.11. The van der Waals surface area contributed by atoms with Crippen molar-refractivity contribution in [1.82, 2.24) is 5.32 Å². The summed E-state index contributed by atoms with van der Waals surface area (Å²) in [5, 5.41) is 3.72. The molecule has 0 saturated carbocycles. The van der Waals surface area contributed by atoms with Crippen molar-refractivity contribution in [2.75, 3.05) is 0 Å². The Hall–Kier alpha value is -0.730. The number of rotatable bonds is 6. The monoisotopic (exact) mass is 301 g/mol. The van der Waals surface area contributed by atoms with Gasteiger partial charge in [0.2, 0.25) is 0 Å². The normalized spacial score (nSPS) is 12.5. The first-order valence-corrected chi connectivity index (χ1v) is 7.42. The fraction of sp³-hybridized carbons (Fsp3) is 0.533. The number of benzene rings is 1. The van der Waals surface area contributed by atoms with E-state index in [0.29, 0.717) is 21.5 Å². The van der Waals surface area contributed by atoms with Crippen LogP contribution < -0.4 is 5.32 Å². The largest absolute Gasteiger partial charge is 0.349 e. The Labute approximate surface area is 125 Å². The molecule has 2 nitrogen and oxygen atoms in total. The van der Waals surface area contributed by atoms with Gasteiger partial charge >= 0.3 is 0 Å². The van der Waals surface area contributed by atoms with Crippen molar-refractivity contribution in [3.63, 3.8) is 0 Å². The fourth-order valence-corrected chi connectivity index (χ4v) is 2.48. The lowest BCUT2D eigenvalue weighted by molar-refractivity contribution is 0.0938. The predicted octanol–water partition coefficient (Wildman–Crippen LogP) is 4.94. The van der Waals surface area contributed by atoms with Crippen molar-refractivity contribution < 1.29 is 4.79 Å². The van der Waals surface area contributed by atoms with E-state index in [4.69, 9.17) is 23.2 Å². The van der Waals surface area contributed by atoms with E-state index < -0.39 is 0 Å². The zero-order chi connectivity index (χ0) is 14.4. The second kappa shape index (κ2) is 7.76. The second-order valence-electron chi connectivity index (χ2n) is 5.30. The molecule has 0 fully saturated rings. The molecule has 0 heterocycles. The van der Waals surface area contributed by atoms with Gasteiger partial charge in [-0.05, 0) is 31.4 Å². The number of hydrogen-bond donors (Lipinski definition) is 1. The summed E-state index contributed by atoms with van der Waals surface area (Å²) in [6.07, 6.45) is 3.24. The first-order valence-electron chi connectivity index (χ1n) is 6.66. The van der Waals surface area contributed by atoms with E-state index in [0.717, 1.165) is 12.8 Å². The van der Waals surface area contributed by atoms with Crippen molar-refractivity contribution >= 4 is 29.1 Å². The molecule has 0 aliphatic heterocycles. The molecule has 1 atom stereocenters. The molecule has 0 unspecified atom stereocenters. The molecule has 106 valence electrons. The van der Waals surface area contributed by atoms with Gasteiger partial charge in [0.15, 0.2) is 0 Å². The minimum atomic E-state index is -0.201. The number of hydrogen-bond acceptors (Lipinski definition) is 1. The molecule has 1 aromatic rings. The molecule has 0 spiro atoms. The first kappa shape index (κ1) is 16.3. The van der Waals surface area contributed by atoms with Crippen LogP contribution in [0.15, 0.2) is 18.2 Å². The maximum atomic E-state index is 12.1. The van der Waals surface area contributed by atoms with Crippen LogP contribution in [-0.2, 0) is 0 Å². The summed E-state index contributed by atoms with van der Waals surface area (Å²) < 4.78 is 0. The minimum absolute atomic E-state index is 0.124. The Morgan fingerprint density at radius 1 is 1.16 bits per heavy atom. The van der Waals surface area contributed by atoms with Gasteiger partial charge in [-0.1, -0.05) is 56.0 Å². The van der Waals surface area contributed by atoms with Gasteiger partial charge in [0.1, 0.15) is 0 Å². The van der Waals surface area contributed by atoms with Crippen LogP contribution in [0.1, 0.15) is 50.4 Å². The summed E-state index contributed by atoms with van der Waals surface area (Å²) in [5.74, 6) is 0.494. The highest BCUT2D eigenvalue weighted by Crippen LogP contribution is 2.24. The minimum Gasteiger partial charge on any atom is -0.349 e. The number of carbonyl (C=O) groups excluding carboxylic acids is 1. The zero-order valence-corrected chi connectivity index (χ0v) is 13.2. The summed E-state index contributed by atoms with van der Waals surface area (Å²) in [4.78, 5) is 12.1. The Kier molecular flexibility index (Phi) is 6.67. The molecule has 0 radical (unpaired) electrons. The van der Waals surface area contributed by atoms with Gasteiger partial charge in [-0.25, -0.2) is 0 Å². The van der Waals surface area contributed by atoms with Gasteiger partial charge in [-0.2, -0.15) is 0 Å². The van der Waals surface area contributed by atoms with Gasteiger partial charge in [-0.15, -0.1) is 0 Å². The summed E-state index contributed by atoms with van der Waals surface area (Å²) in [6.45, 7) is 6.41. The maximum Gasteiger partial charge on any atom is 0.254 e. The standard InChI is InChI=1S/C15H21Cl2NO/c1-10(2)6-4-7-11(3)18-15(19)14-12(16)8-5-9-13(14)17/h5,8-11H,4,6-7H2,1-3H3,(H,18,19)/t11-/m0/s1. The Morgan fingerprint density at radius 2 is 1.74 bits per heavy atom. The first-order chi connectivity index (χ1) is 8.91. The molecule has 1 aromatic carbocycles. The molecule has 0 saturated heterocycles. The molecule has 0 bridgehead atoms. The highest BCUT2D eigenvalue weighted by Gasteiger charge is 2.16. The SMILES string of the molecule is CC(C)CCC[C@H](C)NC(=O)c1c(Cl)cccc1Cl. The van der Waals surface area contributed by atoms with E-state index >= 15 is 0 Å². The van der Waals surface area contributed by atoms with E-state index in [1.165, 1.54) is 6.42 Å². The third-order valence-corrected chi connectivity index (χ3v) is 3.62. The van der Waals surface area contributed by atoms with Crippen molar-refractivity contribution in [1.29, 1.82) is 0 Å². The molecular weight excluding hydrogens is 281 g/mol. The Morgan fingerprint density at radius 3 is 2.26 bits per heavy atom. The van der Waals surface area contributed by atoms with Crippen molar-refractivity contribution in [3.8, 4) is 0 Å². The van der Waals surface area contributed by atoms with E-state index in [1.54, 1.807) is 18.2 Å². The topological polar surface area (TPSA) is 29.1 Å². The Balaban J connectivity index is 2.55. The zero-order valence-electron chi connectivity index (χ0n) is 11.7. The van der Waals surface area contributed by atoms with E-state index in [1.807, 2.05) is 6.92 Å². The van der Waals surface area contributed by atoms with Crippen LogP contribution in [0.2, 0.25) is 10.0 Å². The van der Waals surface area contributed by atoms with E-state index in [-0.39, 0.29) is 11.9 Å². The Bertz CT molecular complexity index is 412. The molecule has 0 aromatic heterocycles. The number of nitrogens with one attached hydrogen (secondary N) is 1. The smallest absolute Gasteiger partial charge is 0.254 e. The average molecular weight is 302 g/mol. The van der Waals surface area contributed by atoms with E-state index in [9.17, 15) is 4.79 Å². The van der Waals surface area contributed by atoms with Crippen molar-refractivity contribution in [3.05, 3.63) is 33.8 Å². The molecule has 0 aliphatic rings. The van der Waals surface area contributed by atoms with Gasteiger partial charge < -0.3 is 5.32 Å². The molecule has 1 rings (SSSR count). The summed E-state index contributed by atoms with van der Waals surface area (Å²) in [6, 6.07) is 5.20. The third-order valence-electron chi connectivity index (χ3n) is 2.99. The summed E-state index contributed by atoms with van der Waals surface area (Å²) in [7, 11) is 0. The number of amides is 1. The molecular formula is C15H21Cl2NO. The van der Waals surface area contributed by atoms with Gasteiger partial charge in [0, 0.05) is 6.04 Å². The van der Waals surface area contributed by atoms with E-state index in [2.05, 4.69) is 19.2 Å². The van der Waals surface area contributed by atoms with Crippen LogP contribution in [0.5, 0.6) is 0 Å². The number of carbonyl (C=O) groups is 1. The van der Waals surface area contributed by atoms with Crippen LogP contribution in [0.4, 0.5) is 0 Å². The molecule has 19 heavy (non-hydrogen) atoms. The van der Waals surface area contributed by atoms with Gasteiger partial charge in [-0.3, -0.25) is 4.79 Å². The summed E-state index contributed by atoms with van der Waals surface area (Å²) in [5.41, 5.74) is 0.363. The van der Waals surface area contributed by atoms with Crippen LogP contribution in [-0.4, -0.2) is 11.9 Å². The lowest BCUT2D eigenvalue weighted by Gasteiger charge is -2.15. The van der Waals surface area contributed by atoms with Crippen molar-refractivity contribution in [2.45, 2.75) is 46.1 Å². The van der Waals surface area contributed by atoms with Crippen LogP contribution in [0.3, 0.4) is 0 Å². The van der Waals surface area contributed by atoms with Crippen LogP contribution in [0.25, 0.3) is 0 Å². The fourth-order valence-electron chi connectivity index (χ4n) is 1.92. The molecule has 1 amide bonds. The average Bonchev–Trinajstić information content (AvgIpc) is 2.27. The lowest BCUT2D eigenvalue weighted by atomic mass is 10.0. The quantitative estimate of drug-likeness (QED) is 0.792.